The van der Waals surface area contributed by atoms with Crippen LogP contribution in [0.1, 0.15) is 5.56 Å². The summed E-state index contributed by atoms with van der Waals surface area (Å²) in [5, 5.41) is 15.0. The van der Waals surface area contributed by atoms with Gasteiger partial charge in [-0.25, -0.2) is 0 Å². The van der Waals surface area contributed by atoms with Crippen molar-refractivity contribution < 1.29 is 0 Å². The molecular weight excluding hydrogens is 248 g/mol. The van der Waals surface area contributed by atoms with Gasteiger partial charge < -0.3 is 5.32 Å². The average molecular weight is 258 g/mol. The predicted molar refractivity (Wildman–Crippen MR) is 69.1 cm³/mol. The van der Waals surface area contributed by atoms with Crippen LogP contribution in [0.3, 0.4) is 0 Å². The van der Waals surface area contributed by atoms with Gasteiger partial charge in [0, 0.05) is 41.6 Å². The minimum absolute atomic E-state index is 0.671. The van der Waals surface area contributed by atoms with Crippen LogP contribution >= 0.6 is 11.5 Å². The number of aromatic amines is 1. The molecule has 3 heterocycles. The number of nitrogens with zero attached hydrogens (tertiary/aromatic N) is 4. The highest BCUT2D eigenvalue weighted by atomic mass is 32.1. The minimum Gasteiger partial charge on any atom is -0.370 e. The molecule has 3 rings (SSSR count). The van der Waals surface area contributed by atoms with Gasteiger partial charge in [0.2, 0.25) is 0 Å². The maximum Gasteiger partial charge on any atom is 0.130 e. The van der Waals surface area contributed by atoms with E-state index < -0.39 is 0 Å². The van der Waals surface area contributed by atoms with E-state index >= 15 is 0 Å². The summed E-state index contributed by atoms with van der Waals surface area (Å²) in [5.41, 5.74) is 3.08. The third-order valence-electron chi connectivity index (χ3n) is 2.48. The second-order valence-corrected chi connectivity index (χ2v) is 4.43. The van der Waals surface area contributed by atoms with Crippen molar-refractivity contribution in [3.05, 3.63) is 42.5 Å². The summed E-state index contributed by atoms with van der Waals surface area (Å²) < 4.78 is 3.80. The maximum atomic E-state index is 4.11. The van der Waals surface area contributed by atoms with E-state index in [-0.39, 0.29) is 0 Å². The summed E-state index contributed by atoms with van der Waals surface area (Å²) in [6.45, 7) is 0.671. The second kappa shape index (κ2) is 4.92. The van der Waals surface area contributed by atoms with Crippen LogP contribution in [0.2, 0.25) is 0 Å². The molecule has 6 nitrogen and oxygen atoms in total. The Hall–Kier alpha value is -2.28. The third-order valence-corrected chi connectivity index (χ3v) is 3.10. The Morgan fingerprint density at radius 1 is 1.28 bits per heavy atom. The van der Waals surface area contributed by atoms with E-state index in [0.29, 0.717) is 6.54 Å². The van der Waals surface area contributed by atoms with Crippen LogP contribution in [0.4, 0.5) is 5.00 Å². The molecular formula is C11H10N6S. The van der Waals surface area contributed by atoms with Crippen LogP contribution in [0.15, 0.2) is 36.9 Å². The molecule has 0 amide bonds. The Morgan fingerprint density at radius 2 is 2.28 bits per heavy atom. The number of nitrogens with one attached hydrogen (secondary N) is 2. The highest BCUT2D eigenvalue weighted by molar-refractivity contribution is 7.09. The Balaban J connectivity index is 1.80. The lowest BCUT2D eigenvalue weighted by Crippen LogP contribution is -1.98. The van der Waals surface area contributed by atoms with Gasteiger partial charge in [-0.3, -0.25) is 10.1 Å². The van der Waals surface area contributed by atoms with Crippen molar-refractivity contribution in [1.82, 2.24) is 24.8 Å². The monoisotopic (exact) mass is 258 g/mol. The number of H-pyrrole nitrogens is 1. The summed E-state index contributed by atoms with van der Waals surface area (Å²) >= 11 is 1.33. The topological polar surface area (TPSA) is 79.4 Å². The minimum atomic E-state index is 0.671. The summed E-state index contributed by atoms with van der Waals surface area (Å²) in [6, 6.07) is 3.90. The van der Waals surface area contributed by atoms with Crippen molar-refractivity contribution >= 4 is 16.5 Å². The van der Waals surface area contributed by atoms with E-state index in [1.165, 1.54) is 11.5 Å². The quantitative estimate of drug-likeness (QED) is 0.747. The van der Waals surface area contributed by atoms with E-state index in [9.17, 15) is 0 Å². The maximum absolute atomic E-state index is 4.11. The van der Waals surface area contributed by atoms with Crippen molar-refractivity contribution in [2.75, 3.05) is 5.32 Å². The molecule has 18 heavy (non-hydrogen) atoms. The summed E-state index contributed by atoms with van der Waals surface area (Å²) in [7, 11) is 0. The Kier molecular flexibility index (Phi) is 2.97. The largest absolute Gasteiger partial charge is 0.370 e. The fraction of sp³-hybridized carbons (Fsp3) is 0.0909. The number of hydrogen-bond acceptors (Lipinski definition) is 6. The lowest BCUT2D eigenvalue weighted by Gasteiger charge is -2.03. The van der Waals surface area contributed by atoms with Crippen LogP contribution in [0.25, 0.3) is 11.3 Å². The van der Waals surface area contributed by atoms with Gasteiger partial charge in [-0.1, -0.05) is 4.49 Å². The molecule has 90 valence electrons. The second-order valence-electron chi connectivity index (χ2n) is 3.65. The molecule has 2 N–H and O–H groups in total. The highest BCUT2D eigenvalue weighted by Gasteiger charge is 2.07. The number of aromatic nitrogens is 5. The van der Waals surface area contributed by atoms with Crippen molar-refractivity contribution in [3.63, 3.8) is 0 Å². The molecule has 3 aromatic rings. The summed E-state index contributed by atoms with van der Waals surface area (Å²) in [6.07, 6.45) is 7.07. The predicted octanol–water partition coefficient (Wildman–Crippen LogP) is 1.94. The van der Waals surface area contributed by atoms with Gasteiger partial charge in [0.05, 0.1) is 18.1 Å². The lowest BCUT2D eigenvalue weighted by atomic mass is 10.1. The zero-order chi connectivity index (χ0) is 12.2. The molecule has 0 aliphatic rings. The van der Waals surface area contributed by atoms with Gasteiger partial charge in [-0.2, -0.15) is 5.10 Å². The number of rotatable bonds is 4. The molecule has 0 aliphatic carbocycles. The van der Waals surface area contributed by atoms with Crippen LogP contribution < -0.4 is 5.32 Å². The number of anilines is 1. The van der Waals surface area contributed by atoms with Crippen molar-refractivity contribution in [2.45, 2.75) is 6.54 Å². The van der Waals surface area contributed by atoms with Gasteiger partial charge in [0.15, 0.2) is 0 Å². The molecule has 0 atom stereocenters. The van der Waals surface area contributed by atoms with Gasteiger partial charge in [-0.15, -0.1) is 5.10 Å². The van der Waals surface area contributed by atoms with Crippen molar-refractivity contribution in [3.8, 4) is 11.3 Å². The molecule has 0 aliphatic heterocycles. The molecule has 0 bridgehead atoms. The van der Waals surface area contributed by atoms with E-state index in [4.69, 9.17) is 0 Å². The van der Waals surface area contributed by atoms with E-state index in [1.54, 1.807) is 12.4 Å². The zero-order valence-corrected chi connectivity index (χ0v) is 10.2. The van der Waals surface area contributed by atoms with Gasteiger partial charge in [-0.05, 0) is 12.1 Å². The molecule has 0 unspecified atom stereocenters. The standard InChI is InChI=1S/C11H10N6S/c1-2-8(4-12-3-1)11-9(6-14-16-11)5-13-10-7-15-17-18-10/h1-4,6-7,13H,5H2,(H,14,16). The summed E-state index contributed by atoms with van der Waals surface area (Å²) in [5.74, 6) is 0. The Morgan fingerprint density at radius 3 is 3.06 bits per heavy atom. The molecule has 0 saturated carbocycles. The van der Waals surface area contributed by atoms with Gasteiger partial charge in [0.1, 0.15) is 5.00 Å². The van der Waals surface area contributed by atoms with Crippen molar-refractivity contribution in [1.29, 1.82) is 0 Å². The molecule has 0 aromatic carbocycles. The first-order valence-electron chi connectivity index (χ1n) is 5.37. The van der Waals surface area contributed by atoms with E-state index in [2.05, 4.69) is 30.1 Å². The van der Waals surface area contributed by atoms with Crippen LogP contribution in [0, 0.1) is 0 Å². The SMILES string of the molecule is c1cncc(-c2[nH]ncc2CNc2cnns2)c1. The van der Waals surface area contributed by atoms with Gasteiger partial charge in [0.25, 0.3) is 0 Å². The lowest BCUT2D eigenvalue weighted by molar-refractivity contribution is 1.09. The molecule has 0 saturated heterocycles. The Labute approximate surface area is 107 Å². The van der Waals surface area contributed by atoms with Crippen LogP contribution in [-0.4, -0.2) is 24.8 Å². The number of hydrogen-bond donors (Lipinski definition) is 2. The average Bonchev–Trinajstić information content (AvgIpc) is 3.09. The Bertz CT molecular complexity index is 604. The van der Waals surface area contributed by atoms with Crippen LogP contribution in [0.5, 0.6) is 0 Å². The van der Waals surface area contributed by atoms with Gasteiger partial charge >= 0.3 is 0 Å². The number of pyridine rings is 1. The highest BCUT2D eigenvalue weighted by Crippen LogP contribution is 2.21. The molecule has 0 spiro atoms. The molecule has 7 heteroatoms. The molecule has 0 radical (unpaired) electrons. The van der Waals surface area contributed by atoms with Crippen molar-refractivity contribution in [2.24, 2.45) is 0 Å². The summed E-state index contributed by atoms with van der Waals surface area (Å²) in [4.78, 5) is 4.11. The van der Waals surface area contributed by atoms with E-state index in [0.717, 1.165) is 21.8 Å². The fourth-order valence-corrected chi connectivity index (χ4v) is 2.05. The molecule has 3 aromatic heterocycles. The third kappa shape index (κ3) is 2.21. The smallest absolute Gasteiger partial charge is 0.130 e. The molecule has 0 fully saturated rings. The fourth-order valence-electron chi connectivity index (χ4n) is 1.63. The normalized spacial score (nSPS) is 10.4. The first-order chi connectivity index (χ1) is 8.93. The zero-order valence-electron chi connectivity index (χ0n) is 9.37. The first kappa shape index (κ1) is 10.8. The first-order valence-corrected chi connectivity index (χ1v) is 6.14. The van der Waals surface area contributed by atoms with E-state index in [1.807, 2.05) is 24.5 Å². The van der Waals surface area contributed by atoms with Crippen LogP contribution in [-0.2, 0) is 6.54 Å².